The second-order valence-corrected chi connectivity index (χ2v) is 3.90. The van der Waals surface area contributed by atoms with Gasteiger partial charge in [-0.3, -0.25) is 0 Å². The van der Waals surface area contributed by atoms with Gasteiger partial charge in [0.25, 0.3) is 10.2 Å². The highest BCUT2D eigenvalue weighted by Gasteiger charge is 2.17. The molecule has 0 spiro atoms. The number of rotatable bonds is 2. The normalized spacial score (nSPS) is 26.8. The average molecular weight is 180 g/mol. The van der Waals surface area contributed by atoms with Crippen LogP contribution in [0.1, 0.15) is 12.8 Å². The Kier molecular flexibility index (Phi) is 2.83. The Hall–Kier alpha value is -0.170. The molecule has 6 heteroatoms. The van der Waals surface area contributed by atoms with Gasteiger partial charge in [-0.2, -0.15) is 13.1 Å². The van der Waals surface area contributed by atoms with Gasteiger partial charge in [-0.25, -0.2) is 5.14 Å². The molecule has 3 N–H and O–H groups in total. The number of hydrogen-bond donors (Lipinski definition) is 2. The number of nitrogens with one attached hydrogen (secondary N) is 1. The molecule has 0 aliphatic carbocycles. The van der Waals surface area contributed by atoms with E-state index >= 15 is 0 Å². The van der Waals surface area contributed by atoms with Crippen molar-refractivity contribution in [3.05, 3.63) is 0 Å². The molecule has 11 heavy (non-hydrogen) atoms. The summed E-state index contributed by atoms with van der Waals surface area (Å²) in [5, 5.41) is 4.77. The van der Waals surface area contributed by atoms with E-state index in [9.17, 15) is 8.42 Å². The van der Waals surface area contributed by atoms with Crippen molar-refractivity contribution < 1.29 is 13.2 Å². The first-order valence-electron chi connectivity index (χ1n) is 3.46. The monoisotopic (exact) mass is 180 g/mol. The van der Waals surface area contributed by atoms with Crippen molar-refractivity contribution in [3.63, 3.8) is 0 Å². The van der Waals surface area contributed by atoms with Crippen LogP contribution in [0.15, 0.2) is 0 Å². The van der Waals surface area contributed by atoms with Crippen LogP contribution >= 0.6 is 0 Å². The zero-order chi connectivity index (χ0) is 8.32. The van der Waals surface area contributed by atoms with Crippen LogP contribution < -0.4 is 9.86 Å². The maximum Gasteiger partial charge on any atom is 0.274 e. The van der Waals surface area contributed by atoms with Gasteiger partial charge in [0, 0.05) is 12.6 Å². The lowest BCUT2D eigenvalue weighted by Gasteiger charge is -2.21. The summed E-state index contributed by atoms with van der Waals surface area (Å²) in [7, 11) is -3.55. The third-order valence-electron chi connectivity index (χ3n) is 1.49. The zero-order valence-corrected chi connectivity index (χ0v) is 6.93. The SMILES string of the molecule is NS(=O)(=O)NC1CCCOC1. The van der Waals surface area contributed by atoms with Gasteiger partial charge in [-0.05, 0) is 12.8 Å². The smallest absolute Gasteiger partial charge is 0.274 e. The van der Waals surface area contributed by atoms with Crippen molar-refractivity contribution in [2.24, 2.45) is 5.14 Å². The van der Waals surface area contributed by atoms with E-state index in [-0.39, 0.29) is 6.04 Å². The van der Waals surface area contributed by atoms with Crippen LogP contribution in [0.3, 0.4) is 0 Å². The molecule has 66 valence electrons. The first-order chi connectivity index (χ1) is 5.08. The van der Waals surface area contributed by atoms with Crippen LogP contribution in [-0.2, 0) is 14.9 Å². The highest BCUT2D eigenvalue weighted by atomic mass is 32.2. The summed E-state index contributed by atoms with van der Waals surface area (Å²) in [6.07, 6.45) is 1.68. The van der Waals surface area contributed by atoms with E-state index in [0.717, 1.165) is 12.8 Å². The van der Waals surface area contributed by atoms with Crippen molar-refractivity contribution in [3.8, 4) is 0 Å². The van der Waals surface area contributed by atoms with E-state index in [1.54, 1.807) is 0 Å². The van der Waals surface area contributed by atoms with Crippen molar-refractivity contribution in [2.45, 2.75) is 18.9 Å². The molecule has 1 heterocycles. The van der Waals surface area contributed by atoms with Gasteiger partial charge >= 0.3 is 0 Å². The zero-order valence-electron chi connectivity index (χ0n) is 6.12. The molecular formula is C5H12N2O3S. The Labute approximate surface area is 66.1 Å². The molecule has 1 rings (SSSR count). The Bertz CT molecular complexity index is 208. The van der Waals surface area contributed by atoms with E-state index in [2.05, 4.69) is 4.72 Å². The molecule has 0 radical (unpaired) electrons. The molecule has 1 fully saturated rings. The fraction of sp³-hybridized carbons (Fsp3) is 1.00. The minimum absolute atomic E-state index is 0.140. The van der Waals surface area contributed by atoms with E-state index in [4.69, 9.17) is 9.88 Å². The van der Waals surface area contributed by atoms with Crippen LogP contribution in [0, 0.1) is 0 Å². The van der Waals surface area contributed by atoms with Crippen molar-refractivity contribution in [2.75, 3.05) is 13.2 Å². The third kappa shape index (κ3) is 3.66. The minimum Gasteiger partial charge on any atom is -0.380 e. The molecule has 0 aromatic carbocycles. The molecular weight excluding hydrogens is 168 g/mol. The molecule has 1 unspecified atom stereocenters. The molecule has 5 nitrogen and oxygen atoms in total. The van der Waals surface area contributed by atoms with Gasteiger partial charge in [-0.15, -0.1) is 0 Å². The van der Waals surface area contributed by atoms with Gasteiger partial charge in [-0.1, -0.05) is 0 Å². The van der Waals surface area contributed by atoms with Gasteiger partial charge in [0.1, 0.15) is 0 Å². The lowest BCUT2D eigenvalue weighted by Crippen LogP contribution is -2.43. The molecule has 0 aromatic rings. The average Bonchev–Trinajstić information content (AvgIpc) is 1.85. The first-order valence-corrected chi connectivity index (χ1v) is 5.00. The van der Waals surface area contributed by atoms with Gasteiger partial charge in [0.05, 0.1) is 6.61 Å². The number of hydrogen-bond acceptors (Lipinski definition) is 3. The largest absolute Gasteiger partial charge is 0.380 e. The summed E-state index contributed by atoms with van der Waals surface area (Å²) in [4.78, 5) is 0. The Morgan fingerprint density at radius 1 is 1.55 bits per heavy atom. The predicted octanol–water partition coefficient (Wildman–Crippen LogP) is -1.04. The first kappa shape index (κ1) is 8.92. The summed E-state index contributed by atoms with van der Waals surface area (Å²) in [6.45, 7) is 1.14. The fourth-order valence-electron chi connectivity index (χ4n) is 1.07. The van der Waals surface area contributed by atoms with Crippen LogP contribution in [0.5, 0.6) is 0 Å². The van der Waals surface area contributed by atoms with Gasteiger partial charge < -0.3 is 4.74 Å². The topological polar surface area (TPSA) is 81.4 Å². The molecule has 0 saturated carbocycles. The van der Waals surface area contributed by atoms with Crippen LogP contribution in [0.2, 0.25) is 0 Å². The molecule has 0 aromatic heterocycles. The second kappa shape index (κ2) is 3.48. The highest BCUT2D eigenvalue weighted by molar-refractivity contribution is 7.87. The predicted molar refractivity (Wildman–Crippen MR) is 40.1 cm³/mol. The highest BCUT2D eigenvalue weighted by Crippen LogP contribution is 2.05. The minimum atomic E-state index is -3.55. The maximum atomic E-state index is 10.5. The summed E-state index contributed by atoms with van der Waals surface area (Å²) in [5.74, 6) is 0. The molecule has 1 saturated heterocycles. The summed E-state index contributed by atoms with van der Waals surface area (Å²) >= 11 is 0. The summed E-state index contributed by atoms with van der Waals surface area (Å²) in [5.41, 5.74) is 0. The standard InChI is InChI=1S/C5H12N2O3S/c6-11(8,9)7-5-2-1-3-10-4-5/h5,7H,1-4H2,(H2,6,8,9). The van der Waals surface area contributed by atoms with E-state index < -0.39 is 10.2 Å². The number of ether oxygens (including phenoxy) is 1. The molecule has 1 aliphatic heterocycles. The maximum absolute atomic E-state index is 10.5. The van der Waals surface area contributed by atoms with Crippen LogP contribution in [0.25, 0.3) is 0 Å². The van der Waals surface area contributed by atoms with Crippen molar-refractivity contribution >= 4 is 10.2 Å². The Balaban J connectivity index is 2.36. The quantitative estimate of drug-likeness (QED) is 0.569. The van der Waals surface area contributed by atoms with Gasteiger partial charge in [0.2, 0.25) is 0 Å². The summed E-state index contributed by atoms with van der Waals surface area (Å²) in [6, 6.07) is -0.140. The molecule has 0 amide bonds. The van der Waals surface area contributed by atoms with Crippen LogP contribution in [-0.4, -0.2) is 27.7 Å². The fourth-order valence-corrected chi connectivity index (χ4v) is 1.72. The van der Waals surface area contributed by atoms with E-state index in [1.165, 1.54) is 0 Å². The van der Waals surface area contributed by atoms with E-state index in [1.807, 2.05) is 0 Å². The second-order valence-electron chi connectivity index (χ2n) is 2.58. The molecule has 1 atom stereocenters. The lowest BCUT2D eigenvalue weighted by atomic mass is 10.1. The van der Waals surface area contributed by atoms with Gasteiger partial charge in [0.15, 0.2) is 0 Å². The van der Waals surface area contributed by atoms with Crippen molar-refractivity contribution in [1.82, 2.24) is 4.72 Å². The number of nitrogens with two attached hydrogens (primary N) is 1. The molecule has 1 aliphatic rings. The molecule has 0 bridgehead atoms. The summed E-state index contributed by atoms with van der Waals surface area (Å²) < 4.78 is 28.3. The van der Waals surface area contributed by atoms with E-state index in [0.29, 0.717) is 13.2 Å². The third-order valence-corrected chi connectivity index (χ3v) is 2.15. The van der Waals surface area contributed by atoms with Crippen molar-refractivity contribution in [1.29, 1.82) is 0 Å². The lowest BCUT2D eigenvalue weighted by molar-refractivity contribution is 0.0774. The van der Waals surface area contributed by atoms with Crippen LogP contribution in [0.4, 0.5) is 0 Å². The Morgan fingerprint density at radius 2 is 2.27 bits per heavy atom. The Morgan fingerprint density at radius 3 is 2.73 bits per heavy atom.